The lowest BCUT2D eigenvalue weighted by molar-refractivity contribution is 0.618. The predicted octanol–water partition coefficient (Wildman–Crippen LogP) is 2.38. The molecule has 0 radical (unpaired) electrons. The summed E-state index contributed by atoms with van der Waals surface area (Å²) in [5, 5.41) is 3.55. The monoisotopic (exact) mass is 215 g/mol. The molecule has 2 aromatic rings. The van der Waals surface area contributed by atoms with Gasteiger partial charge in [-0.1, -0.05) is 6.07 Å². The molecule has 16 heavy (non-hydrogen) atoms. The van der Waals surface area contributed by atoms with Crippen LogP contribution in [0.4, 0.5) is 0 Å². The number of pyridine rings is 1. The van der Waals surface area contributed by atoms with E-state index in [0.29, 0.717) is 6.04 Å². The van der Waals surface area contributed by atoms with E-state index in [1.54, 1.807) is 0 Å². The van der Waals surface area contributed by atoms with Crippen molar-refractivity contribution in [1.82, 2.24) is 14.7 Å². The molecule has 3 heteroatoms. The summed E-state index contributed by atoms with van der Waals surface area (Å²) in [5.74, 6) is 0. The van der Waals surface area contributed by atoms with Crippen molar-refractivity contribution in [3.8, 4) is 0 Å². The van der Waals surface area contributed by atoms with Crippen LogP contribution in [0.1, 0.15) is 35.8 Å². The average Bonchev–Trinajstić information content (AvgIpc) is 2.85. The molecule has 1 aliphatic rings. The van der Waals surface area contributed by atoms with Crippen LogP contribution in [-0.2, 0) is 0 Å². The standard InChI is InChI=1S/C13H17N3/c1-9-5-4-8-16-12(10(2)15-13(9)16)11-6-3-7-14-11/h4-5,8,11,14H,3,6-7H2,1-2H3. The number of rotatable bonds is 1. The zero-order chi connectivity index (χ0) is 11.1. The van der Waals surface area contributed by atoms with Crippen LogP contribution in [0.15, 0.2) is 18.3 Å². The first-order valence-electron chi connectivity index (χ1n) is 5.95. The van der Waals surface area contributed by atoms with Gasteiger partial charge in [-0.15, -0.1) is 0 Å². The van der Waals surface area contributed by atoms with Gasteiger partial charge in [0.25, 0.3) is 0 Å². The number of imidazole rings is 1. The first kappa shape index (κ1) is 9.85. The molecule has 1 atom stereocenters. The number of fused-ring (bicyclic) bond motifs is 1. The number of nitrogens with zero attached hydrogens (tertiary/aromatic N) is 2. The summed E-state index contributed by atoms with van der Waals surface area (Å²) in [4.78, 5) is 4.68. The molecule has 3 heterocycles. The van der Waals surface area contributed by atoms with Crippen molar-refractivity contribution in [2.45, 2.75) is 32.7 Å². The van der Waals surface area contributed by atoms with Gasteiger partial charge in [-0.3, -0.25) is 0 Å². The molecule has 1 aliphatic heterocycles. The smallest absolute Gasteiger partial charge is 0.140 e. The molecule has 3 nitrogen and oxygen atoms in total. The van der Waals surface area contributed by atoms with Crippen LogP contribution in [0.3, 0.4) is 0 Å². The van der Waals surface area contributed by atoms with E-state index in [0.717, 1.165) is 17.9 Å². The van der Waals surface area contributed by atoms with Gasteiger partial charge >= 0.3 is 0 Å². The summed E-state index contributed by atoms with van der Waals surface area (Å²) in [7, 11) is 0. The van der Waals surface area contributed by atoms with Gasteiger partial charge in [0.15, 0.2) is 0 Å². The summed E-state index contributed by atoms with van der Waals surface area (Å²) in [6, 6.07) is 4.70. The topological polar surface area (TPSA) is 29.3 Å². The van der Waals surface area contributed by atoms with E-state index in [1.807, 2.05) is 0 Å². The second kappa shape index (κ2) is 3.59. The Morgan fingerprint density at radius 2 is 2.31 bits per heavy atom. The summed E-state index contributed by atoms with van der Waals surface area (Å²) >= 11 is 0. The minimum atomic E-state index is 0.483. The number of hydrogen-bond acceptors (Lipinski definition) is 2. The minimum Gasteiger partial charge on any atom is -0.309 e. The van der Waals surface area contributed by atoms with Crippen molar-refractivity contribution >= 4 is 5.65 Å². The second-order valence-electron chi connectivity index (χ2n) is 4.62. The van der Waals surface area contributed by atoms with E-state index >= 15 is 0 Å². The van der Waals surface area contributed by atoms with Crippen LogP contribution < -0.4 is 5.32 Å². The summed E-state index contributed by atoms with van der Waals surface area (Å²) in [6.45, 7) is 5.36. The van der Waals surface area contributed by atoms with Crippen LogP contribution in [0.5, 0.6) is 0 Å². The Morgan fingerprint density at radius 1 is 1.44 bits per heavy atom. The van der Waals surface area contributed by atoms with Crippen LogP contribution in [0, 0.1) is 13.8 Å². The molecule has 1 unspecified atom stereocenters. The number of aromatic nitrogens is 2. The normalized spacial score (nSPS) is 20.8. The third-order valence-corrected chi connectivity index (χ3v) is 3.46. The molecule has 3 rings (SSSR count). The highest BCUT2D eigenvalue weighted by Gasteiger charge is 2.22. The fourth-order valence-corrected chi connectivity index (χ4v) is 2.67. The lowest BCUT2D eigenvalue weighted by Crippen LogP contribution is -2.15. The molecular weight excluding hydrogens is 198 g/mol. The first-order valence-corrected chi connectivity index (χ1v) is 5.95. The fourth-order valence-electron chi connectivity index (χ4n) is 2.67. The van der Waals surface area contributed by atoms with Crippen molar-refractivity contribution < 1.29 is 0 Å². The van der Waals surface area contributed by atoms with Crippen LogP contribution in [0.2, 0.25) is 0 Å². The van der Waals surface area contributed by atoms with Gasteiger partial charge in [0.1, 0.15) is 5.65 Å². The van der Waals surface area contributed by atoms with Gasteiger partial charge in [-0.05, 0) is 44.9 Å². The largest absolute Gasteiger partial charge is 0.309 e. The summed E-state index contributed by atoms with van der Waals surface area (Å²) < 4.78 is 2.24. The molecule has 0 aliphatic carbocycles. The van der Waals surface area contributed by atoms with Crippen molar-refractivity contribution in [2.75, 3.05) is 6.54 Å². The van der Waals surface area contributed by atoms with Gasteiger partial charge in [0.2, 0.25) is 0 Å². The lowest BCUT2D eigenvalue weighted by atomic mass is 10.1. The van der Waals surface area contributed by atoms with Gasteiger partial charge in [-0.2, -0.15) is 0 Å². The van der Waals surface area contributed by atoms with E-state index in [9.17, 15) is 0 Å². The van der Waals surface area contributed by atoms with Gasteiger partial charge < -0.3 is 9.72 Å². The van der Waals surface area contributed by atoms with Crippen molar-refractivity contribution in [1.29, 1.82) is 0 Å². The highest BCUT2D eigenvalue weighted by molar-refractivity contribution is 5.50. The molecule has 1 saturated heterocycles. The highest BCUT2D eigenvalue weighted by Crippen LogP contribution is 2.27. The quantitative estimate of drug-likeness (QED) is 0.791. The number of hydrogen-bond donors (Lipinski definition) is 1. The Hall–Kier alpha value is -1.35. The van der Waals surface area contributed by atoms with E-state index in [4.69, 9.17) is 0 Å². The molecule has 0 saturated carbocycles. The zero-order valence-corrected chi connectivity index (χ0v) is 9.83. The highest BCUT2D eigenvalue weighted by atomic mass is 15.1. The Labute approximate surface area is 95.5 Å². The maximum Gasteiger partial charge on any atom is 0.140 e. The Bertz CT molecular complexity index is 521. The zero-order valence-electron chi connectivity index (χ0n) is 9.83. The molecule has 1 fully saturated rings. The minimum absolute atomic E-state index is 0.483. The fraction of sp³-hybridized carbons (Fsp3) is 0.462. The van der Waals surface area contributed by atoms with E-state index in [-0.39, 0.29) is 0 Å². The Balaban J connectivity index is 2.22. The molecular formula is C13H17N3. The third-order valence-electron chi connectivity index (χ3n) is 3.46. The summed E-state index contributed by atoms with van der Waals surface area (Å²) in [5.41, 5.74) is 4.85. The summed E-state index contributed by atoms with van der Waals surface area (Å²) in [6.07, 6.45) is 4.61. The average molecular weight is 215 g/mol. The maximum absolute atomic E-state index is 4.68. The second-order valence-corrected chi connectivity index (χ2v) is 4.62. The van der Waals surface area contributed by atoms with Gasteiger partial charge in [0.05, 0.1) is 11.4 Å². The van der Waals surface area contributed by atoms with Crippen molar-refractivity contribution in [3.05, 3.63) is 35.3 Å². The SMILES string of the molecule is Cc1nc2c(C)cccn2c1C1CCCN1. The van der Waals surface area contributed by atoms with Crippen LogP contribution >= 0.6 is 0 Å². The Morgan fingerprint density at radius 3 is 3.06 bits per heavy atom. The molecule has 84 valence electrons. The van der Waals surface area contributed by atoms with Gasteiger partial charge in [0, 0.05) is 12.2 Å². The molecule has 0 spiro atoms. The van der Waals surface area contributed by atoms with Gasteiger partial charge in [-0.25, -0.2) is 4.98 Å². The Kier molecular flexibility index (Phi) is 2.21. The maximum atomic E-state index is 4.68. The molecule has 0 bridgehead atoms. The van der Waals surface area contributed by atoms with Crippen LogP contribution in [0.25, 0.3) is 5.65 Å². The number of nitrogens with one attached hydrogen (secondary N) is 1. The number of aryl methyl sites for hydroxylation is 2. The molecule has 2 aromatic heterocycles. The molecule has 0 aromatic carbocycles. The molecule has 0 amide bonds. The third kappa shape index (κ3) is 1.35. The first-order chi connectivity index (χ1) is 7.77. The van der Waals surface area contributed by atoms with E-state index < -0.39 is 0 Å². The predicted molar refractivity (Wildman–Crippen MR) is 64.6 cm³/mol. The van der Waals surface area contributed by atoms with Crippen LogP contribution in [-0.4, -0.2) is 15.9 Å². The van der Waals surface area contributed by atoms with E-state index in [1.165, 1.54) is 24.1 Å². The van der Waals surface area contributed by atoms with Crippen molar-refractivity contribution in [2.24, 2.45) is 0 Å². The van der Waals surface area contributed by atoms with E-state index in [2.05, 4.69) is 46.9 Å². The molecule has 1 N–H and O–H groups in total. The lowest BCUT2D eigenvalue weighted by Gasteiger charge is -2.11. The van der Waals surface area contributed by atoms with Crippen molar-refractivity contribution in [3.63, 3.8) is 0 Å².